The average Bonchev–Trinajstić information content (AvgIpc) is 2.66. The first-order valence-corrected chi connectivity index (χ1v) is 6.61. The molecule has 0 aliphatic heterocycles. The fourth-order valence-electron chi connectivity index (χ4n) is 1.36. The molecule has 0 spiro atoms. The molecule has 94 valence electrons. The maximum Gasteiger partial charge on any atom is 0.265 e. The van der Waals surface area contributed by atoms with E-state index in [0.29, 0.717) is 4.88 Å². The molecule has 1 aromatic heterocycles. The number of halogens is 3. The second-order valence-electron chi connectivity index (χ2n) is 3.62. The van der Waals surface area contributed by atoms with Crippen LogP contribution in [0.1, 0.15) is 15.2 Å². The molecule has 0 saturated heterocycles. The fourth-order valence-corrected chi connectivity index (χ4v) is 2.79. The van der Waals surface area contributed by atoms with Gasteiger partial charge in [-0.3, -0.25) is 4.79 Å². The summed E-state index contributed by atoms with van der Waals surface area (Å²) < 4.78 is 27.2. The molecule has 2 nitrogen and oxygen atoms in total. The van der Waals surface area contributed by atoms with Gasteiger partial charge >= 0.3 is 0 Å². The predicted molar refractivity (Wildman–Crippen MR) is 71.1 cm³/mol. The van der Waals surface area contributed by atoms with Gasteiger partial charge in [0.1, 0.15) is 0 Å². The molecule has 6 heteroatoms. The van der Waals surface area contributed by atoms with E-state index in [1.165, 1.54) is 23.5 Å². The highest BCUT2D eigenvalue weighted by Crippen LogP contribution is 2.28. The summed E-state index contributed by atoms with van der Waals surface area (Å²) in [7, 11) is 0. The zero-order valence-electron chi connectivity index (χ0n) is 9.26. The summed E-state index contributed by atoms with van der Waals surface area (Å²) in [5.41, 5.74) is 0.757. The van der Waals surface area contributed by atoms with E-state index in [-0.39, 0.29) is 5.69 Å². The first-order valence-electron chi connectivity index (χ1n) is 5.00. The van der Waals surface area contributed by atoms with E-state index in [1.807, 2.05) is 6.92 Å². The van der Waals surface area contributed by atoms with Crippen molar-refractivity contribution in [3.8, 4) is 0 Å². The van der Waals surface area contributed by atoms with Crippen molar-refractivity contribution in [3.05, 3.63) is 50.1 Å². The van der Waals surface area contributed by atoms with Crippen molar-refractivity contribution in [2.75, 3.05) is 5.32 Å². The molecule has 0 radical (unpaired) electrons. The second kappa shape index (κ2) is 5.16. The van der Waals surface area contributed by atoms with Crippen LogP contribution in [-0.4, -0.2) is 5.91 Å². The number of carbonyl (C=O) groups is 1. The van der Waals surface area contributed by atoms with Crippen molar-refractivity contribution in [1.29, 1.82) is 0 Å². The van der Waals surface area contributed by atoms with Crippen molar-refractivity contribution < 1.29 is 13.6 Å². The van der Waals surface area contributed by atoms with E-state index in [1.54, 1.807) is 6.07 Å². The molecule has 0 aliphatic carbocycles. The topological polar surface area (TPSA) is 29.1 Å². The largest absolute Gasteiger partial charge is 0.319 e. The molecule has 0 atom stereocenters. The SMILES string of the molecule is Cc1cc(C(=O)Nc2cccc(F)c2F)sc1Br. The first kappa shape index (κ1) is 13.2. The van der Waals surface area contributed by atoms with Crippen LogP contribution >= 0.6 is 27.3 Å². The van der Waals surface area contributed by atoms with Crippen LogP contribution in [0.15, 0.2) is 28.1 Å². The Kier molecular flexibility index (Phi) is 3.77. The lowest BCUT2D eigenvalue weighted by Crippen LogP contribution is -2.11. The third-order valence-corrected chi connectivity index (χ3v) is 4.42. The lowest BCUT2D eigenvalue weighted by Gasteiger charge is -2.04. The Hall–Kier alpha value is -1.27. The minimum absolute atomic E-state index is 0.165. The van der Waals surface area contributed by atoms with Crippen LogP contribution in [0.3, 0.4) is 0 Å². The lowest BCUT2D eigenvalue weighted by atomic mass is 10.2. The summed E-state index contributed by atoms with van der Waals surface area (Å²) in [6.07, 6.45) is 0. The van der Waals surface area contributed by atoms with Crippen molar-refractivity contribution in [1.82, 2.24) is 0 Å². The van der Waals surface area contributed by atoms with Gasteiger partial charge in [-0.2, -0.15) is 0 Å². The van der Waals surface area contributed by atoms with E-state index < -0.39 is 17.5 Å². The number of carbonyl (C=O) groups excluding carboxylic acids is 1. The van der Waals surface area contributed by atoms with Crippen molar-refractivity contribution in [2.45, 2.75) is 6.92 Å². The number of rotatable bonds is 2. The van der Waals surface area contributed by atoms with Crippen molar-refractivity contribution in [3.63, 3.8) is 0 Å². The van der Waals surface area contributed by atoms with E-state index in [0.717, 1.165) is 15.4 Å². The third-order valence-electron chi connectivity index (χ3n) is 2.28. The summed E-state index contributed by atoms with van der Waals surface area (Å²) in [5, 5.41) is 2.34. The van der Waals surface area contributed by atoms with Gasteiger partial charge < -0.3 is 5.32 Å². The Morgan fingerprint density at radius 1 is 1.39 bits per heavy atom. The van der Waals surface area contributed by atoms with Gasteiger partial charge in [-0.1, -0.05) is 6.07 Å². The van der Waals surface area contributed by atoms with Gasteiger partial charge in [0, 0.05) is 0 Å². The minimum atomic E-state index is -1.06. The smallest absolute Gasteiger partial charge is 0.265 e. The Morgan fingerprint density at radius 3 is 2.72 bits per heavy atom. The molecule has 1 amide bonds. The number of thiophene rings is 1. The van der Waals surface area contributed by atoms with Gasteiger partial charge in [0.25, 0.3) is 5.91 Å². The molecule has 1 aromatic carbocycles. The summed E-state index contributed by atoms with van der Waals surface area (Å²) in [4.78, 5) is 12.3. The molecule has 18 heavy (non-hydrogen) atoms. The van der Waals surface area contributed by atoms with Crippen LogP contribution in [0.4, 0.5) is 14.5 Å². The fraction of sp³-hybridized carbons (Fsp3) is 0.0833. The van der Waals surface area contributed by atoms with Crippen LogP contribution in [0, 0.1) is 18.6 Å². The van der Waals surface area contributed by atoms with Crippen LogP contribution in [0.2, 0.25) is 0 Å². The zero-order chi connectivity index (χ0) is 13.3. The second-order valence-corrected chi connectivity index (χ2v) is 5.99. The van der Waals surface area contributed by atoms with E-state index >= 15 is 0 Å². The lowest BCUT2D eigenvalue weighted by molar-refractivity contribution is 0.103. The summed E-state index contributed by atoms with van der Waals surface area (Å²) in [6, 6.07) is 5.33. The number of anilines is 1. The number of hydrogen-bond donors (Lipinski definition) is 1. The van der Waals surface area contributed by atoms with Gasteiger partial charge in [0.05, 0.1) is 14.4 Å². The molecular formula is C12H8BrF2NOS. The molecule has 1 heterocycles. The molecule has 1 N–H and O–H groups in total. The standard InChI is InChI=1S/C12H8BrF2NOS/c1-6-5-9(18-11(6)13)12(17)16-8-4-2-3-7(14)10(8)15/h2-5H,1H3,(H,16,17). The van der Waals surface area contributed by atoms with Gasteiger partial charge in [0.15, 0.2) is 11.6 Å². The Balaban J connectivity index is 2.24. The molecular weight excluding hydrogens is 324 g/mol. The molecule has 0 fully saturated rings. The highest BCUT2D eigenvalue weighted by molar-refractivity contribution is 9.11. The Bertz CT molecular complexity index is 593. The van der Waals surface area contributed by atoms with Gasteiger partial charge in [0.2, 0.25) is 0 Å². The quantitative estimate of drug-likeness (QED) is 0.870. The molecule has 0 unspecified atom stereocenters. The first-order chi connectivity index (χ1) is 8.49. The average molecular weight is 332 g/mol. The number of amides is 1. The third kappa shape index (κ3) is 2.59. The number of aryl methyl sites for hydroxylation is 1. The normalized spacial score (nSPS) is 10.4. The van der Waals surface area contributed by atoms with E-state index in [9.17, 15) is 13.6 Å². The van der Waals surface area contributed by atoms with Crippen molar-refractivity contribution in [2.24, 2.45) is 0 Å². The maximum absolute atomic E-state index is 13.4. The maximum atomic E-state index is 13.4. The zero-order valence-corrected chi connectivity index (χ0v) is 11.7. The number of hydrogen-bond acceptors (Lipinski definition) is 2. The number of nitrogens with one attached hydrogen (secondary N) is 1. The highest BCUT2D eigenvalue weighted by Gasteiger charge is 2.14. The van der Waals surface area contributed by atoms with Gasteiger partial charge in [-0.15, -0.1) is 11.3 Å². The molecule has 2 aromatic rings. The minimum Gasteiger partial charge on any atom is -0.319 e. The predicted octanol–water partition coefficient (Wildman–Crippen LogP) is 4.35. The van der Waals surface area contributed by atoms with Crippen LogP contribution in [0.5, 0.6) is 0 Å². The highest BCUT2D eigenvalue weighted by atomic mass is 79.9. The number of benzene rings is 1. The summed E-state index contributed by atoms with van der Waals surface area (Å²) >= 11 is 4.54. The van der Waals surface area contributed by atoms with Crippen LogP contribution in [0.25, 0.3) is 0 Å². The van der Waals surface area contributed by atoms with E-state index in [4.69, 9.17) is 0 Å². The van der Waals surface area contributed by atoms with Gasteiger partial charge in [-0.05, 0) is 46.6 Å². The molecule has 0 saturated carbocycles. The van der Waals surface area contributed by atoms with Crippen LogP contribution in [-0.2, 0) is 0 Å². The van der Waals surface area contributed by atoms with E-state index in [2.05, 4.69) is 21.2 Å². The Labute approximate surface area is 115 Å². The molecule has 0 bridgehead atoms. The summed E-state index contributed by atoms with van der Waals surface area (Å²) in [5.74, 6) is -2.51. The summed E-state index contributed by atoms with van der Waals surface area (Å²) in [6.45, 7) is 1.85. The van der Waals surface area contributed by atoms with Crippen LogP contribution < -0.4 is 5.32 Å². The van der Waals surface area contributed by atoms with Gasteiger partial charge in [-0.25, -0.2) is 8.78 Å². The molecule has 2 rings (SSSR count). The Morgan fingerprint density at radius 2 is 2.11 bits per heavy atom. The molecule has 0 aliphatic rings. The monoisotopic (exact) mass is 331 g/mol. The van der Waals surface area contributed by atoms with Crippen molar-refractivity contribution >= 4 is 38.9 Å².